The molecule has 3 heterocycles. The number of thiophene rings is 1. The van der Waals surface area contributed by atoms with Crippen LogP contribution in [0.1, 0.15) is 9.67 Å². The lowest BCUT2D eigenvalue weighted by Crippen LogP contribution is -2.26. The van der Waals surface area contributed by atoms with Crippen molar-refractivity contribution >= 4 is 39.0 Å². The number of aromatic nitrogens is 3. The summed E-state index contributed by atoms with van der Waals surface area (Å²) in [5.41, 5.74) is 7.65. The third kappa shape index (κ3) is 1.97. The van der Waals surface area contributed by atoms with Gasteiger partial charge in [-0.15, -0.1) is 11.3 Å². The van der Waals surface area contributed by atoms with E-state index in [0.717, 1.165) is 0 Å². The van der Waals surface area contributed by atoms with E-state index in [1.54, 1.807) is 37.9 Å². The first-order valence-corrected chi connectivity index (χ1v) is 6.67. The van der Waals surface area contributed by atoms with Gasteiger partial charge in [0.2, 0.25) is 0 Å². The van der Waals surface area contributed by atoms with Crippen molar-refractivity contribution in [1.29, 1.82) is 0 Å². The lowest BCUT2D eigenvalue weighted by atomic mass is 10.3. The Hall–Kier alpha value is -2.54. The number of nitrogen functional groups attached to an aromatic ring is 1. The average molecular weight is 285 g/mol. The fraction of sp³-hybridized carbons (Fsp3) is 0.0769. The van der Waals surface area contributed by atoms with Crippen molar-refractivity contribution < 1.29 is 4.79 Å². The van der Waals surface area contributed by atoms with Gasteiger partial charge in [0.05, 0.1) is 17.6 Å². The second kappa shape index (κ2) is 4.86. The molecule has 0 aliphatic rings. The van der Waals surface area contributed by atoms with Crippen molar-refractivity contribution in [1.82, 2.24) is 15.0 Å². The van der Waals surface area contributed by atoms with Crippen LogP contribution >= 0.6 is 11.3 Å². The first-order valence-electron chi connectivity index (χ1n) is 5.85. The number of hydrogen-bond acceptors (Lipinski definition) is 6. The number of amides is 1. The summed E-state index contributed by atoms with van der Waals surface area (Å²) >= 11 is 1.24. The monoisotopic (exact) mass is 285 g/mol. The van der Waals surface area contributed by atoms with Crippen LogP contribution in [0.5, 0.6) is 0 Å². The molecule has 0 unspecified atom stereocenters. The molecule has 0 aliphatic heterocycles. The van der Waals surface area contributed by atoms with E-state index in [2.05, 4.69) is 15.0 Å². The minimum absolute atomic E-state index is 0.194. The van der Waals surface area contributed by atoms with Crippen LogP contribution in [-0.4, -0.2) is 27.9 Å². The van der Waals surface area contributed by atoms with Gasteiger partial charge in [0.1, 0.15) is 15.2 Å². The fourth-order valence-corrected chi connectivity index (χ4v) is 2.82. The molecular formula is C13H11N5OS. The van der Waals surface area contributed by atoms with E-state index in [1.165, 1.54) is 16.2 Å². The second-order valence-corrected chi connectivity index (χ2v) is 5.13. The van der Waals surface area contributed by atoms with Crippen LogP contribution in [0.2, 0.25) is 0 Å². The molecule has 0 atom stereocenters. The number of rotatable bonds is 2. The van der Waals surface area contributed by atoms with E-state index in [4.69, 9.17) is 5.73 Å². The number of carbonyl (C=O) groups excluding carboxylic acids is 1. The molecule has 1 amide bonds. The zero-order chi connectivity index (χ0) is 14.1. The van der Waals surface area contributed by atoms with Crippen molar-refractivity contribution in [3.05, 3.63) is 41.8 Å². The van der Waals surface area contributed by atoms with Crippen LogP contribution in [0.25, 0.3) is 10.3 Å². The molecule has 20 heavy (non-hydrogen) atoms. The van der Waals surface area contributed by atoms with E-state index >= 15 is 0 Å². The molecule has 0 saturated carbocycles. The molecule has 0 radical (unpaired) electrons. The molecule has 2 N–H and O–H groups in total. The lowest BCUT2D eigenvalue weighted by Gasteiger charge is -2.15. The number of hydrogen-bond donors (Lipinski definition) is 1. The summed E-state index contributed by atoms with van der Waals surface area (Å²) < 4.78 is 0. The Morgan fingerprint density at radius 2 is 2.10 bits per heavy atom. The number of pyridine rings is 1. The topological polar surface area (TPSA) is 85.0 Å². The fourth-order valence-electron chi connectivity index (χ4n) is 1.82. The van der Waals surface area contributed by atoms with Crippen LogP contribution in [-0.2, 0) is 0 Å². The molecule has 3 aromatic heterocycles. The molecule has 0 saturated heterocycles. The molecule has 0 aromatic carbocycles. The third-order valence-corrected chi connectivity index (χ3v) is 3.99. The Kier molecular flexibility index (Phi) is 3.03. The maximum atomic E-state index is 12.5. The highest BCUT2D eigenvalue weighted by atomic mass is 32.1. The van der Waals surface area contributed by atoms with Crippen molar-refractivity contribution in [3.63, 3.8) is 0 Å². The Balaban J connectivity index is 2.03. The molecule has 0 spiro atoms. The SMILES string of the molecule is CN(C(=O)c1sc2nccnc2c1N)c1cccnc1. The summed E-state index contributed by atoms with van der Waals surface area (Å²) in [5.74, 6) is -0.194. The minimum Gasteiger partial charge on any atom is -0.396 e. The minimum atomic E-state index is -0.194. The zero-order valence-corrected chi connectivity index (χ0v) is 11.5. The van der Waals surface area contributed by atoms with Gasteiger partial charge in [0, 0.05) is 25.6 Å². The van der Waals surface area contributed by atoms with Crippen LogP contribution in [0, 0.1) is 0 Å². The summed E-state index contributed by atoms with van der Waals surface area (Å²) in [7, 11) is 1.68. The molecule has 7 heteroatoms. The summed E-state index contributed by atoms with van der Waals surface area (Å²) in [5, 5.41) is 0. The highest BCUT2D eigenvalue weighted by molar-refractivity contribution is 7.21. The maximum Gasteiger partial charge on any atom is 0.270 e. The predicted octanol–water partition coefficient (Wildman–Crippen LogP) is 1.95. The van der Waals surface area contributed by atoms with E-state index < -0.39 is 0 Å². The quantitative estimate of drug-likeness (QED) is 0.777. The van der Waals surface area contributed by atoms with Gasteiger partial charge in [-0.25, -0.2) is 9.97 Å². The Labute approximate surface area is 118 Å². The Bertz CT molecular complexity index is 771. The van der Waals surface area contributed by atoms with Gasteiger partial charge in [-0.2, -0.15) is 0 Å². The van der Waals surface area contributed by atoms with Gasteiger partial charge in [0.25, 0.3) is 5.91 Å². The van der Waals surface area contributed by atoms with Crippen molar-refractivity contribution in [2.24, 2.45) is 0 Å². The van der Waals surface area contributed by atoms with E-state index in [9.17, 15) is 4.79 Å². The molecule has 3 rings (SSSR count). The van der Waals surface area contributed by atoms with Gasteiger partial charge in [-0.3, -0.25) is 9.78 Å². The van der Waals surface area contributed by atoms with Gasteiger partial charge in [-0.05, 0) is 12.1 Å². The summed E-state index contributed by atoms with van der Waals surface area (Å²) in [6.45, 7) is 0. The summed E-state index contributed by atoms with van der Waals surface area (Å²) in [4.78, 5) is 27.4. The second-order valence-electron chi connectivity index (χ2n) is 4.13. The first-order chi connectivity index (χ1) is 9.68. The summed E-state index contributed by atoms with van der Waals surface area (Å²) in [6.07, 6.45) is 6.42. The standard InChI is InChI=1S/C13H11N5OS/c1-18(8-3-2-4-15-7-8)13(19)11-9(14)10-12(20-11)17-6-5-16-10/h2-7H,14H2,1H3. The number of nitrogens with zero attached hydrogens (tertiary/aromatic N) is 4. The van der Waals surface area contributed by atoms with E-state index in [0.29, 0.717) is 26.6 Å². The molecule has 0 fully saturated rings. The zero-order valence-electron chi connectivity index (χ0n) is 10.6. The smallest absolute Gasteiger partial charge is 0.270 e. The van der Waals surface area contributed by atoms with Crippen molar-refractivity contribution in [3.8, 4) is 0 Å². The molecule has 100 valence electrons. The van der Waals surface area contributed by atoms with Crippen molar-refractivity contribution in [2.75, 3.05) is 17.7 Å². The maximum absolute atomic E-state index is 12.5. The molecule has 3 aromatic rings. The highest BCUT2D eigenvalue weighted by Crippen LogP contribution is 2.31. The van der Waals surface area contributed by atoms with Crippen LogP contribution in [0.3, 0.4) is 0 Å². The van der Waals surface area contributed by atoms with Crippen LogP contribution in [0.4, 0.5) is 11.4 Å². The molecule has 6 nitrogen and oxygen atoms in total. The van der Waals surface area contributed by atoms with Crippen LogP contribution < -0.4 is 10.6 Å². The molecule has 0 bridgehead atoms. The highest BCUT2D eigenvalue weighted by Gasteiger charge is 2.21. The molecular weight excluding hydrogens is 274 g/mol. The Morgan fingerprint density at radius 3 is 2.80 bits per heavy atom. The number of nitrogens with two attached hydrogens (primary N) is 1. The van der Waals surface area contributed by atoms with Gasteiger partial charge >= 0.3 is 0 Å². The first kappa shape index (κ1) is 12.5. The van der Waals surface area contributed by atoms with Crippen molar-refractivity contribution in [2.45, 2.75) is 0 Å². The van der Waals surface area contributed by atoms with E-state index in [-0.39, 0.29) is 5.91 Å². The van der Waals surface area contributed by atoms with E-state index in [1.807, 2.05) is 6.07 Å². The average Bonchev–Trinajstić information content (AvgIpc) is 2.84. The summed E-state index contributed by atoms with van der Waals surface area (Å²) in [6, 6.07) is 3.58. The number of anilines is 2. The number of fused-ring (bicyclic) bond motifs is 1. The molecule has 0 aliphatic carbocycles. The normalized spacial score (nSPS) is 10.7. The predicted molar refractivity (Wildman–Crippen MR) is 78.8 cm³/mol. The third-order valence-electron chi connectivity index (χ3n) is 2.90. The van der Waals surface area contributed by atoms with Gasteiger partial charge < -0.3 is 10.6 Å². The lowest BCUT2D eigenvalue weighted by molar-refractivity contribution is 0.0997. The van der Waals surface area contributed by atoms with Gasteiger partial charge in [-0.1, -0.05) is 0 Å². The van der Waals surface area contributed by atoms with Crippen LogP contribution in [0.15, 0.2) is 36.9 Å². The Morgan fingerprint density at radius 1 is 1.30 bits per heavy atom. The largest absolute Gasteiger partial charge is 0.396 e. The number of carbonyl (C=O) groups is 1. The van der Waals surface area contributed by atoms with Gasteiger partial charge in [0.15, 0.2) is 0 Å².